The lowest BCUT2D eigenvalue weighted by Crippen LogP contribution is -2.14. The lowest BCUT2D eigenvalue weighted by molar-refractivity contribution is 0.0733. The fraction of sp³-hybridized carbons (Fsp3) is 0. The molecule has 3 aromatic carbocycles. The number of anilines is 1. The van der Waals surface area contributed by atoms with Gasteiger partial charge in [-0.15, -0.1) is 0 Å². The van der Waals surface area contributed by atoms with Crippen LogP contribution < -0.4 is 10.5 Å². The van der Waals surface area contributed by atoms with Crippen LogP contribution in [0.3, 0.4) is 0 Å². The van der Waals surface area contributed by atoms with Gasteiger partial charge in [-0.2, -0.15) is 0 Å². The lowest BCUT2D eigenvalue weighted by Gasteiger charge is -2.12. The SMILES string of the molecule is Nc1c(OC(=O)c2c(I)ccc(I)c2I)ccc2ccccc12. The molecule has 23 heavy (non-hydrogen) atoms. The molecule has 6 heteroatoms. The van der Waals surface area contributed by atoms with Crippen molar-refractivity contribution < 1.29 is 9.53 Å². The topological polar surface area (TPSA) is 52.3 Å². The summed E-state index contributed by atoms with van der Waals surface area (Å²) in [5, 5.41) is 1.90. The van der Waals surface area contributed by atoms with E-state index < -0.39 is 0 Å². The molecule has 0 spiro atoms. The van der Waals surface area contributed by atoms with Crippen LogP contribution in [0.2, 0.25) is 0 Å². The molecular weight excluding hydrogens is 631 g/mol. The van der Waals surface area contributed by atoms with Crippen molar-refractivity contribution >= 4 is 90.2 Å². The number of rotatable bonds is 2. The fourth-order valence-electron chi connectivity index (χ4n) is 2.23. The molecule has 0 saturated carbocycles. The van der Waals surface area contributed by atoms with Crippen molar-refractivity contribution in [3.8, 4) is 5.75 Å². The summed E-state index contributed by atoms with van der Waals surface area (Å²) < 4.78 is 8.34. The van der Waals surface area contributed by atoms with Gasteiger partial charge < -0.3 is 10.5 Å². The van der Waals surface area contributed by atoms with Gasteiger partial charge in [0, 0.05) is 16.1 Å². The van der Waals surface area contributed by atoms with Crippen molar-refractivity contribution in [3.05, 3.63) is 64.8 Å². The van der Waals surface area contributed by atoms with Gasteiger partial charge in [0.05, 0.1) is 11.3 Å². The van der Waals surface area contributed by atoms with Crippen LogP contribution in [0.1, 0.15) is 10.4 Å². The summed E-state index contributed by atoms with van der Waals surface area (Å²) in [6, 6.07) is 15.3. The molecule has 0 aliphatic heterocycles. The molecule has 0 bridgehead atoms. The Morgan fingerprint density at radius 2 is 1.61 bits per heavy atom. The maximum atomic E-state index is 12.6. The van der Waals surface area contributed by atoms with E-state index in [-0.39, 0.29) is 5.97 Å². The first-order chi connectivity index (χ1) is 11.0. The second-order valence-corrected chi connectivity index (χ2v) is 8.21. The Labute approximate surface area is 174 Å². The Hall–Kier alpha value is -0.620. The van der Waals surface area contributed by atoms with E-state index in [9.17, 15) is 4.79 Å². The number of nitrogens with two attached hydrogens (primary N) is 1. The minimum Gasteiger partial charge on any atom is -0.421 e. The molecule has 0 saturated heterocycles. The highest BCUT2D eigenvalue weighted by atomic mass is 127. The minimum absolute atomic E-state index is 0.388. The van der Waals surface area contributed by atoms with Gasteiger partial charge in [-0.1, -0.05) is 30.3 Å². The Morgan fingerprint density at radius 1 is 0.913 bits per heavy atom. The standard InChI is InChI=1S/C17H10I3NO2/c18-11-6-7-12(19)15(20)14(11)17(22)23-13-8-5-9-3-1-2-4-10(9)16(13)21/h1-8H,21H2. The molecule has 0 aliphatic carbocycles. The van der Waals surface area contributed by atoms with Crippen LogP contribution >= 0.6 is 67.8 Å². The molecular formula is C17H10I3NO2. The summed E-state index contributed by atoms with van der Waals surface area (Å²) in [5.41, 5.74) is 7.22. The molecule has 0 fully saturated rings. The highest BCUT2D eigenvalue weighted by Gasteiger charge is 2.19. The summed E-state index contributed by atoms with van der Waals surface area (Å²) in [6.07, 6.45) is 0. The van der Waals surface area contributed by atoms with Gasteiger partial charge in [0.25, 0.3) is 0 Å². The van der Waals surface area contributed by atoms with E-state index in [0.717, 1.165) is 21.5 Å². The van der Waals surface area contributed by atoms with E-state index in [1.807, 2.05) is 42.5 Å². The third kappa shape index (κ3) is 3.43. The smallest absolute Gasteiger partial charge is 0.345 e. The second-order valence-electron chi connectivity index (χ2n) is 4.81. The number of carbonyl (C=O) groups excluding carboxylic acids is 1. The number of hydrogen-bond donors (Lipinski definition) is 1. The Kier molecular flexibility index (Phi) is 5.31. The van der Waals surface area contributed by atoms with Crippen LogP contribution in [0.4, 0.5) is 5.69 Å². The van der Waals surface area contributed by atoms with Crippen LogP contribution in [0.15, 0.2) is 48.5 Å². The molecule has 0 aromatic heterocycles. The van der Waals surface area contributed by atoms with Crippen LogP contribution in [0.25, 0.3) is 10.8 Å². The zero-order chi connectivity index (χ0) is 16.6. The highest BCUT2D eigenvalue weighted by Crippen LogP contribution is 2.32. The van der Waals surface area contributed by atoms with E-state index in [0.29, 0.717) is 17.0 Å². The lowest BCUT2D eigenvalue weighted by atomic mass is 10.1. The molecule has 0 heterocycles. The highest BCUT2D eigenvalue weighted by molar-refractivity contribution is 14.1. The minimum atomic E-state index is -0.390. The number of fused-ring (bicyclic) bond motifs is 1. The average molecular weight is 641 g/mol. The van der Waals surface area contributed by atoms with Crippen molar-refractivity contribution in [2.75, 3.05) is 5.73 Å². The molecule has 0 unspecified atom stereocenters. The number of esters is 1. The molecule has 3 nitrogen and oxygen atoms in total. The molecule has 3 aromatic rings. The van der Waals surface area contributed by atoms with E-state index in [4.69, 9.17) is 10.5 Å². The summed E-state index contributed by atoms with van der Waals surface area (Å²) in [6.45, 7) is 0. The molecule has 0 radical (unpaired) electrons. The summed E-state index contributed by atoms with van der Waals surface area (Å²) in [4.78, 5) is 12.6. The van der Waals surface area contributed by atoms with E-state index in [1.54, 1.807) is 6.07 Å². The summed E-state index contributed by atoms with van der Waals surface area (Å²) in [5.74, 6) is -0.00143. The summed E-state index contributed by atoms with van der Waals surface area (Å²) in [7, 11) is 0. The molecule has 0 amide bonds. The molecule has 0 atom stereocenters. The van der Waals surface area contributed by atoms with Crippen molar-refractivity contribution in [2.24, 2.45) is 0 Å². The molecule has 2 N–H and O–H groups in total. The molecule has 116 valence electrons. The van der Waals surface area contributed by atoms with Crippen molar-refractivity contribution in [2.45, 2.75) is 0 Å². The third-order valence-corrected chi connectivity index (χ3v) is 7.33. The third-order valence-electron chi connectivity index (χ3n) is 3.38. The van der Waals surface area contributed by atoms with E-state index in [1.165, 1.54) is 0 Å². The number of benzene rings is 3. The summed E-state index contributed by atoms with van der Waals surface area (Å²) >= 11 is 6.52. The maximum absolute atomic E-state index is 12.6. The largest absolute Gasteiger partial charge is 0.421 e. The second kappa shape index (κ2) is 7.09. The van der Waals surface area contributed by atoms with Crippen LogP contribution in [0.5, 0.6) is 5.75 Å². The van der Waals surface area contributed by atoms with Gasteiger partial charge in [0.15, 0.2) is 5.75 Å². The quantitative estimate of drug-likeness (QED) is 0.133. The first-order valence-electron chi connectivity index (χ1n) is 6.62. The predicted molar refractivity (Wildman–Crippen MR) is 118 cm³/mol. The van der Waals surface area contributed by atoms with Crippen molar-refractivity contribution in [1.82, 2.24) is 0 Å². The van der Waals surface area contributed by atoms with Gasteiger partial charge in [0.1, 0.15) is 0 Å². The first kappa shape index (κ1) is 17.2. The fourth-order valence-corrected chi connectivity index (χ4v) is 4.56. The Bertz CT molecular complexity index is 925. The van der Waals surface area contributed by atoms with Gasteiger partial charge in [-0.3, -0.25) is 0 Å². The van der Waals surface area contributed by atoms with Gasteiger partial charge in [-0.25, -0.2) is 4.79 Å². The Morgan fingerprint density at radius 3 is 2.39 bits per heavy atom. The van der Waals surface area contributed by atoms with E-state index in [2.05, 4.69) is 67.8 Å². The average Bonchev–Trinajstić information content (AvgIpc) is 2.54. The normalized spacial score (nSPS) is 10.7. The van der Waals surface area contributed by atoms with Crippen molar-refractivity contribution in [1.29, 1.82) is 0 Å². The van der Waals surface area contributed by atoms with Crippen LogP contribution in [0, 0.1) is 10.7 Å². The van der Waals surface area contributed by atoms with Crippen LogP contribution in [-0.4, -0.2) is 5.97 Å². The predicted octanol–water partition coefficient (Wildman–Crippen LogP) is 5.46. The zero-order valence-electron chi connectivity index (χ0n) is 11.6. The van der Waals surface area contributed by atoms with Gasteiger partial charge in [-0.05, 0) is 91.4 Å². The van der Waals surface area contributed by atoms with Crippen molar-refractivity contribution in [3.63, 3.8) is 0 Å². The maximum Gasteiger partial charge on any atom is 0.345 e. The number of hydrogen-bond acceptors (Lipinski definition) is 3. The number of carbonyl (C=O) groups is 1. The number of halogens is 3. The van der Waals surface area contributed by atoms with Gasteiger partial charge >= 0.3 is 5.97 Å². The molecule has 0 aliphatic rings. The first-order valence-corrected chi connectivity index (χ1v) is 9.85. The Balaban J connectivity index is 2.01. The number of nitrogen functional groups attached to an aromatic ring is 1. The van der Waals surface area contributed by atoms with E-state index >= 15 is 0 Å². The number of ether oxygens (including phenoxy) is 1. The van der Waals surface area contributed by atoms with Gasteiger partial charge in [0.2, 0.25) is 0 Å². The monoisotopic (exact) mass is 641 g/mol. The zero-order valence-corrected chi connectivity index (χ0v) is 18.1. The van der Waals surface area contributed by atoms with Crippen LogP contribution in [-0.2, 0) is 0 Å². The molecule has 3 rings (SSSR count).